The van der Waals surface area contributed by atoms with Gasteiger partial charge in [-0.05, 0) is 11.6 Å². The second-order valence-electron chi connectivity index (χ2n) is 6.30. The highest BCUT2D eigenvalue weighted by atomic mass is 32.1. The zero-order valence-corrected chi connectivity index (χ0v) is 16.4. The van der Waals surface area contributed by atoms with Gasteiger partial charge in [-0.3, -0.25) is 15.5 Å². The standard InChI is InChI=1S/C22H16N4O3S/c27-19-12-11-18(26(28)29)13-17(19)14-23-25-22-24-20(15-7-3-1-4-8-15)21(30-22)16-9-5-2-6-10-16/h1-14,27H,(H,24,25)/b23-14-. The number of hydrogen-bond acceptors (Lipinski definition) is 7. The number of benzene rings is 3. The molecule has 0 unspecified atom stereocenters. The topological polar surface area (TPSA) is 101 Å². The lowest BCUT2D eigenvalue weighted by molar-refractivity contribution is -0.384. The van der Waals surface area contributed by atoms with Crippen LogP contribution in [0.1, 0.15) is 5.56 Å². The Morgan fingerprint density at radius 3 is 2.33 bits per heavy atom. The molecular weight excluding hydrogens is 400 g/mol. The third-order valence-electron chi connectivity index (χ3n) is 4.30. The van der Waals surface area contributed by atoms with Crippen molar-refractivity contribution >= 4 is 28.4 Å². The summed E-state index contributed by atoms with van der Waals surface area (Å²) in [6.07, 6.45) is 1.33. The minimum Gasteiger partial charge on any atom is -0.507 e. The molecule has 30 heavy (non-hydrogen) atoms. The third-order valence-corrected chi connectivity index (χ3v) is 5.31. The van der Waals surface area contributed by atoms with E-state index in [0.29, 0.717) is 5.13 Å². The van der Waals surface area contributed by atoms with Crippen molar-refractivity contribution in [2.75, 3.05) is 5.43 Å². The number of nitro groups is 1. The van der Waals surface area contributed by atoms with E-state index in [4.69, 9.17) is 0 Å². The van der Waals surface area contributed by atoms with Crippen molar-refractivity contribution in [3.63, 3.8) is 0 Å². The number of nitrogens with zero attached hydrogens (tertiary/aromatic N) is 3. The van der Waals surface area contributed by atoms with Crippen LogP contribution in [-0.2, 0) is 0 Å². The molecule has 3 aromatic carbocycles. The fourth-order valence-corrected chi connectivity index (χ4v) is 3.80. The first-order chi connectivity index (χ1) is 14.6. The number of non-ortho nitro benzene ring substituents is 1. The summed E-state index contributed by atoms with van der Waals surface area (Å²) < 4.78 is 0. The van der Waals surface area contributed by atoms with Gasteiger partial charge in [0, 0.05) is 23.3 Å². The predicted molar refractivity (Wildman–Crippen MR) is 119 cm³/mol. The first kappa shape index (κ1) is 19.3. The summed E-state index contributed by atoms with van der Waals surface area (Å²) in [6.45, 7) is 0. The van der Waals surface area contributed by atoms with Gasteiger partial charge in [-0.2, -0.15) is 5.10 Å². The molecule has 0 aliphatic rings. The molecule has 0 fully saturated rings. The zero-order valence-electron chi connectivity index (χ0n) is 15.6. The van der Waals surface area contributed by atoms with Crippen LogP contribution in [0.2, 0.25) is 0 Å². The summed E-state index contributed by atoms with van der Waals surface area (Å²) in [7, 11) is 0. The molecule has 2 N–H and O–H groups in total. The molecule has 4 aromatic rings. The van der Waals surface area contributed by atoms with Crippen LogP contribution in [-0.4, -0.2) is 21.2 Å². The maximum atomic E-state index is 10.9. The van der Waals surface area contributed by atoms with Gasteiger partial charge in [0.1, 0.15) is 5.75 Å². The van der Waals surface area contributed by atoms with Gasteiger partial charge < -0.3 is 5.11 Å². The molecule has 1 aromatic heterocycles. The van der Waals surface area contributed by atoms with Gasteiger partial charge >= 0.3 is 0 Å². The highest BCUT2D eigenvalue weighted by Gasteiger charge is 2.14. The second-order valence-corrected chi connectivity index (χ2v) is 7.30. The number of hydrazone groups is 1. The van der Waals surface area contributed by atoms with Gasteiger partial charge in [0.25, 0.3) is 5.69 Å². The summed E-state index contributed by atoms with van der Waals surface area (Å²) in [5, 5.41) is 25.5. The van der Waals surface area contributed by atoms with Gasteiger partial charge in [-0.1, -0.05) is 72.0 Å². The van der Waals surface area contributed by atoms with E-state index in [-0.39, 0.29) is 17.0 Å². The monoisotopic (exact) mass is 416 g/mol. The zero-order chi connectivity index (χ0) is 20.9. The molecular formula is C22H16N4O3S. The number of aromatic hydroxyl groups is 1. The number of aromatic nitrogens is 1. The quantitative estimate of drug-likeness (QED) is 0.244. The number of phenols is 1. The van der Waals surface area contributed by atoms with Gasteiger partial charge in [-0.25, -0.2) is 4.98 Å². The summed E-state index contributed by atoms with van der Waals surface area (Å²) in [4.78, 5) is 16.1. The Hall–Kier alpha value is -4.04. The lowest BCUT2D eigenvalue weighted by atomic mass is 10.1. The van der Waals surface area contributed by atoms with E-state index in [0.717, 1.165) is 21.7 Å². The Morgan fingerprint density at radius 1 is 1.00 bits per heavy atom. The molecule has 7 nitrogen and oxygen atoms in total. The molecule has 148 valence electrons. The SMILES string of the molecule is O=[N+]([O-])c1ccc(O)c(/C=N\Nc2nc(-c3ccccc3)c(-c3ccccc3)s2)c1. The molecule has 0 saturated carbocycles. The number of anilines is 1. The van der Waals surface area contributed by atoms with Crippen LogP contribution >= 0.6 is 11.3 Å². The summed E-state index contributed by atoms with van der Waals surface area (Å²) in [5.41, 5.74) is 5.84. The van der Waals surface area contributed by atoms with Crippen LogP contribution in [0.25, 0.3) is 21.7 Å². The van der Waals surface area contributed by atoms with Crippen LogP contribution < -0.4 is 5.43 Å². The van der Waals surface area contributed by atoms with E-state index in [1.54, 1.807) is 0 Å². The fraction of sp³-hybridized carbons (Fsp3) is 0. The van der Waals surface area contributed by atoms with Gasteiger partial charge in [0.15, 0.2) is 0 Å². The number of hydrogen-bond donors (Lipinski definition) is 2. The van der Waals surface area contributed by atoms with Crippen molar-refractivity contribution in [3.8, 4) is 27.4 Å². The number of phenolic OH excluding ortho intramolecular Hbond substituents is 1. The summed E-state index contributed by atoms with van der Waals surface area (Å²) >= 11 is 1.45. The van der Waals surface area contributed by atoms with E-state index in [2.05, 4.69) is 15.5 Å². The molecule has 0 saturated heterocycles. The molecule has 4 rings (SSSR count). The van der Waals surface area contributed by atoms with Crippen molar-refractivity contribution < 1.29 is 10.0 Å². The summed E-state index contributed by atoms with van der Waals surface area (Å²) in [5.74, 6) is -0.0970. The van der Waals surface area contributed by atoms with E-state index < -0.39 is 4.92 Å². The van der Waals surface area contributed by atoms with Crippen LogP contribution in [0.3, 0.4) is 0 Å². The average molecular weight is 416 g/mol. The fourth-order valence-electron chi connectivity index (χ4n) is 2.86. The molecule has 8 heteroatoms. The number of nitro benzene ring substituents is 1. The Balaban J connectivity index is 1.64. The largest absolute Gasteiger partial charge is 0.507 e. The Kier molecular flexibility index (Phi) is 5.49. The second kappa shape index (κ2) is 8.54. The molecule has 0 atom stereocenters. The maximum absolute atomic E-state index is 10.9. The van der Waals surface area contributed by atoms with Crippen LogP contribution in [0.15, 0.2) is 84.0 Å². The summed E-state index contributed by atoms with van der Waals surface area (Å²) in [6, 6.07) is 23.6. The molecule has 0 aliphatic heterocycles. The third kappa shape index (κ3) is 4.18. The van der Waals surface area contributed by atoms with Crippen molar-refractivity contribution in [2.45, 2.75) is 0 Å². The van der Waals surface area contributed by atoms with E-state index in [1.807, 2.05) is 60.7 Å². The Bertz CT molecular complexity index is 1150. The number of thiazole rings is 1. The molecule has 0 radical (unpaired) electrons. The van der Waals surface area contributed by atoms with Gasteiger partial charge in [0.2, 0.25) is 5.13 Å². The van der Waals surface area contributed by atoms with Crippen LogP contribution in [0, 0.1) is 10.1 Å². The number of nitrogens with one attached hydrogen (secondary N) is 1. The molecule has 0 bridgehead atoms. The van der Waals surface area contributed by atoms with E-state index in [1.165, 1.54) is 35.8 Å². The van der Waals surface area contributed by atoms with E-state index in [9.17, 15) is 15.2 Å². The molecule has 0 aliphatic carbocycles. The first-order valence-electron chi connectivity index (χ1n) is 9.00. The Morgan fingerprint density at radius 2 is 1.67 bits per heavy atom. The predicted octanol–water partition coefficient (Wildman–Crippen LogP) is 5.54. The van der Waals surface area contributed by atoms with Crippen molar-refractivity contribution in [2.24, 2.45) is 5.10 Å². The molecule has 0 spiro atoms. The number of rotatable bonds is 6. The Labute approximate surface area is 176 Å². The van der Waals surface area contributed by atoms with Crippen LogP contribution in [0.5, 0.6) is 5.75 Å². The minimum absolute atomic E-state index is 0.0970. The maximum Gasteiger partial charge on any atom is 0.270 e. The van der Waals surface area contributed by atoms with Gasteiger partial charge in [-0.15, -0.1) is 0 Å². The average Bonchev–Trinajstić information content (AvgIpc) is 3.20. The minimum atomic E-state index is -0.524. The van der Waals surface area contributed by atoms with Crippen LogP contribution in [0.4, 0.5) is 10.8 Å². The molecule has 0 amide bonds. The van der Waals surface area contributed by atoms with Crippen molar-refractivity contribution in [3.05, 3.63) is 94.5 Å². The first-order valence-corrected chi connectivity index (χ1v) is 9.81. The van der Waals surface area contributed by atoms with Crippen molar-refractivity contribution in [1.82, 2.24) is 4.98 Å². The normalized spacial score (nSPS) is 10.9. The smallest absolute Gasteiger partial charge is 0.270 e. The highest BCUT2D eigenvalue weighted by Crippen LogP contribution is 2.38. The highest BCUT2D eigenvalue weighted by molar-refractivity contribution is 7.19. The lowest BCUT2D eigenvalue weighted by Crippen LogP contribution is -1.93. The van der Waals surface area contributed by atoms with E-state index >= 15 is 0 Å². The lowest BCUT2D eigenvalue weighted by Gasteiger charge is -2.02. The van der Waals surface area contributed by atoms with Gasteiger partial charge in [0.05, 0.1) is 21.7 Å². The van der Waals surface area contributed by atoms with Crippen molar-refractivity contribution in [1.29, 1.82) is 0 Å². The molecule has 1 heterocycles.